The summed E-state index contributed by atoms with van der Waals surface area (Å²) in [6.45, 7) is 1.69. The van der Waals surface area contributed by atoms with Gasteiger partial charge in [-0.2, -0.15) is 0 Å². The fraction of sp³-hybridized carbons (Fsp3) is 0.318. The third-order valence-corrected chi connectivity index (χ3v) is 6.74. The molecular weight excluding hydrogens is 382 g/mol. The van der Waals surface area contributed by atoms with Gasteiger partial charge in [0.05, 0.1) is 6.04 Å². The maximum Gasteiger partial charge on any atom is 0.238 e. The number of hydrogen-bond acceptors (Lipinski definition) is 5. The smallest absolute Gasteiger partial charge is 0.238 e. The topological polar surface area (TPSA) is 63.1 Å². The number of nitrogens with zero attached hydrogens (tertiary/aromatic N) is 4. The minimum absolute atomic E-state index is 0.151. The summed E-state index contributed by atoms with van der Waals surface area (Å²) in [7, 11) is 0. The average Bonchev–Trinajstić information content (AvgIpc) is 3.22. The monoisotopic (exact) mass is 405 g/mol. The van der Waals surface area contributed by atoms with Crippen LogP contribution in [-0.4, -0.2) is 44.0 Å². The first-order valence-corrected chi connectivity index (χ1v) is 11.0. The Hall–Kier alpha value is -2.80. The van der Waals surface area contributed by atoms with Crippen molar-refractivity contribution in [1.29, 1.82) is 0 Å². The van der Waals surface area contributed by atoms with Crippen LogP contribution in [0, 0.1) is 0 Å². The lowest BCUT2D eigenvalue weighted by atomic mass is 10.0. The van der Waals surface area contributed by atoms with E-state index >= 15 is 0 Å². The van der Waals surface area contributed by atoms with E-state index < -0.39 is 0 Å². The van der Waals surface area contributed by atoms with E-state index in [4.69, 9.17) is 0 Å². The highest BCUT2D eigenvalue weighted by Crippen LogP contribution is 2.39. The van der Waals surface area contributed by atoms with Crippen molar-refractivity contribution in [2.24, 2.45) is 0 Å². The van der Waals surface area contributed by atoms with E-state index in [1.54, 1.807) is 0 Å². The molecule has 29 heavy (non-hydrogen) atoms. The van der Waals surface area contributed by atoms with Crippen LogP contribution < -0.4 is 5.43 Å². The summed E-state index contributed by atoms with van der Waals surface area (Å²) in [6.07, 6.45) is 3.37. The Morgan fingerprint density at radius 3 is 2.34 bits per heavy atom. The van der Waals surface area contributed by atoms with Gasteiger partial charge in [0, 0.05) is 18.7 Å². The van der Waals surface area contributed by atoms with Crippen LogP contribution >= 0.6 is 11.8 Å². The highest BCUT2D eigenvalue weighted by Gasteiger charge is 2.40. The fourth-order valence-corrected chi connectivity index (χ4v) is 5.19. The molecule has 5 rings (SSSR count). The molecule has 148 valence electrons. The molecule has 3 aromatic rings. The van der Waals surface area contributed by atoms with E-state index in [-0.39, 0.29) is 17.2 Å². The van der Waals surface area contributed by atoms with E-state index in [0.717, 1.165) is 48.0 Å². The molecule has 1 aromatic heterocycles. The molecule has 0 bridgehead atoms. The molecule has 1 saturated heterocycles. The number of fused-ring (bicyclic) bond motifs is 1. The van der Waals surface area contributed by atoms with Gasteiger partial charge in [0.25, 0.3) is 0 Å². The van der Waals surface area contributed by atoms with Crippen molar-refractivity contribution >= 4 is 17.7 Å². The highest BCUT2D eigenvalue weighted by atomic mass is 32.2. The van der Waals surface area contributed by atoms with Crippen LogP contribution in [0.2, 0.25) is 0 Å². The number of aromatic nitrogens is 3. The summed E-state index contributed by atoms with van der Waals surface area (Å²) in [4.78, 5) is 15.4. The fourth-order valence-electron chi connectivity index (χ4n) is 4.02. The SMILES string of the molecule is O=C([C@H]1Sc2nnc(-c3ccccc3)n2N[C@@H]1c1ccccc1)N1CCCCC1. The third-order valence-electron chi connectivity index (χ3n) is 5.54. The zero-order chi connectivity index (χ0) is 19.6. The minimum atomic E-state index is -0.268. The highest BCUT2D eigenvalue weighted by molar-refractivity contribution is 8.00. The first kappa shape index (κ1) is 18.2. The van der Waals surface area contributed by atoms with Gasteiger partial charge in [-0.3, -0.25) is 4.79 Å². The molecule has 0 aliphatic carbocycles. The Bertz CT molecular complexity index is 985. The van der Waals surface area contributed by atoms with E-state index in [1.165, 1.54) is 18.2 Å². The number of carbonyl (C=O) groups is 1. The van der Waals surface area contributed by atoms with Gasteiger partial charge in [0.2, 0.25) is 11.1 Å². The van der Waals surface area contributed by atoms with Gasteiger partial charge in [0.1, 0.15) is 5.25 Å². The number of benzene rings is 2. The van der Waals surface area contributed by atoms with Crippen LogP contribution in [0.5, 0.6) is 0 Å². The Labute approximate surface area is 174 Å². The van der Waals surface area contributed by atoms with Crippen LogP contribution in [0.3, 0.4) is 0 Å². The molecule has 0 saturated carbocycles. The van der Waals surface area contributed by atoms with Gasteiger partial charge >= 0.3 is 0 Å². The number of amides is 1. The first-order chi connectivity index (χ1) is 14.3. The molecule has 7 heteroatoms. The molecular formula is C22H23N5OS. The van der Waals surface area contributed by atoms with Crippen molar-refractivity contribution in [1.82, 2.24) is 19.8 Å². The predicted molar refractivity (Wildman–Crippen MR) is 114 cm³/mol. The Balaban J connectivity index is 1.52. The van der Waals surface area contributed by atoms with Gasteiger partial charge in [-0.15, -0.1) is 10.2 Å². The molecule has 1 amide bonds. The van der Waals surface area contributed by atoms with E-state index in [2.05, 4.69) is 27.8 Å². The van der Waals surface area contributed by atoms with Crippen molar-refractivity contribution in [2.45, 2.75) is 35.7 Å². The van der Waals surface area contributed by atoms with Gasteiger partial charge in [-0.25, -0.2) is 4.68 Å². The molecule has 2 aliphatic rings. The standard InChI is InChI=1S/C22H23N5OS/c28-21(26-14-8-3-9-15-26)19-18(16-10-4-1-5-11-16)25-27-20(23-24-22(27)29-19)17-12-6-2-7-13-17/h1-2,4-7,10-13,18-19,25H,3,8-9,14-15H2/t18-,19+/m1/s1. The van der Waals surface area contributed by atoms with E-state index in [9.17, 15) is 4.79 Å². The summed E-state index contributed by atoms with van der Waals surface area (Å²) >= 11 is 1.51. The zero-order valence-corrected chi connectivity index (χ0v) is 16.9. The van der Waals surface area contributed by atoms with Gasteiger partial charge in [-0.05, 0) is 24.8 Å². The molecule has 2 aliphatic heterocycles. The number of likely N-dealkylation sites (tertiary alicyclic amines) is 1. The maximum atomic E-state index is 13.4. The molecule has 0 unspecified atom stereocenters. The molecule has 2 atom stereocenters. The molecule has 3 heterocycles. The van der Waals surface area contributed by atoms with E-state index in [1.807, 2.05) is 58.1 Å². The Morgan fingerprint density at radius 2 is 1.62 bits per heavy atom. The van der Waals surface area contributed by atoms with Gasteiger partial charge < -0.3 is 10.3 Å². The van der Waals surface area contributed by atoms with Crippen molar-refractivity contribution in [2.75, 3.05) is 18.5 Å². The molecule has 1 N–H and O–H groups in total. The lowest BCUT2D eigenvalue weighted by Crippen LogP contribution is -2.47. The first-order valence-electron chi connectivity index (χ1n) is 10.1. The minimum Gasteiger partial charge on any atom is -0.342 e. The van der Waals surface area contributed by atoms with Crippen LogP contribution in [-0.2, 0) is 4.79 Å². The molecule has 1 fully saturated rings. The van der Waals surface area contributed by atoms with Crippen molar-refractivity contribution in [3.8, 4) is 11.4 Å². The van der Waals surface area contributed by atoms with Crippen molar-refractivity contribution < 1.29 is 4.79 Å². The van der Waals surface area contributed by atoms with Crippen LogP contribution in [0.15, 0.2) is 65.8 Å². The van der Waals surface area contributed by atoms with Crippen LogP contribution in [0.25, 0.3) is 11.4 Å². The molecule has 2 aromatic carbocycles. The second-order valence-electron chi connectivity index (χ2n) is 7.45. The van der Waals surface area contributed by atoms with Crippen molar-refractivity contribution in [3.63, 3.8) is 0 Å². The Morgan fingerprint density at radius 1 is 0.931 bits per heavy atom. The number of piperidine rings is 1. The lowest BCUT2D eigenvalue weighted by Gasteiger charge is -2.37. The zero-order valence-electron chi connectivity index (χ0n) is 16.1. The number of hydrogen-bond donors (Lipinski definition) is 1. The Kier molecular flexibility index (Phi) is 4.97. The van der Waals surface area contributed by atoms with Gasteiger partial charge in [0.15, 0.2) is 5.82 Å². The molecule has 6 nitrogen and oxygen atoms in total. The normalized spacial score (nSPS) is 21.3. The molecule has 0 spiro atoms. The number of carbonyl (C=O) groups excluding carboxylic acids is 1. The summed E-state index contributed by atoms with van der Waals surface area (Å²) in [6, 6.07) is 20.0. The summed E-state index contributed by atoms with van der Waals surface area (Å²) in [5, 5.41) is 9.25. The quantitative estimate of drug-likeness (QED) is 0.720. The molecule has 0 radical (unpaired) electrons. The second kappa shape index (κ2) is 7.91. The summed E-state index contributed by atoms with van der Waals surface area (Å²) in [5.41, 5.74) is 5.64. The number of rotatable bonds is 3. The van der Waals surface area contributed by atoms with Crippen LogP contribution in [0.1, 0.15) is 30.9 Å². The third kappa shape index (κ3) is 3.51. The summed E-state index contributed by atoms with van der Waals surface area (Å²) in [5.74, 6) is 0.949. The van der Waals surface area contributed by atoms with Crippen LogP contribution in [0.4, 0.5) is 0 Å². The average molecular weight is 406 g/mol. The second-order valence-corrected chi connectivity index (χ2v) is 8.56. The predicted octanol–water partition coefficient (Wildman–Crippen LogP) is 3.72. The number of nitrogens with one attached hydrogen (secondary N) is 1. The largest absolute Gasteiger partial charge is 0.342 e. The van der Waals surface area contributed by atoms with E-state index in [0.29, 0.717) is 0 Å². The number of thioether (sulfide) groups is 1. The van der Waals surface area contributed by atoms with Crippen molar-refractivity contribution in [3.05, 3.63) is 66.2 Å². The summed E-state index contributed by atoms with van der Waals surface area (Å²) < 4.78 is 1.93. The lowest BCUT2D eigenvalue weighted by molar-refractivity contribution is -0.131. The maximum absolute atomic E-state index is 13.4. The van der Waals surface area contributed by atoms with Gasteiger partial charge in [-0.1, -0.05) is 72.4 Å².